The number of carbonyl (C=O) groups excluding carboxylic acids is 2. The molecule has 1 fully saturated rings. The minimum absolute atomic E-state index is 0.118. The lowest BCUT2D eigenvalue weighted by molar-refractivity contribution is -0.119. The molecule has 8 nitrogen and oxygen atoms in total. The minimum Gasteiger partial charge on any atom is -0.454 e. The maximum absolute atomic E-state index is 13.1. The second kappa shape index (κ2) is 7.81. The first-order chi connectivity index (χ1) is 15.3. The van der Waals surface area contributed by atoms with Crippen LogP contribution in [0.15, 0.2) is 41.3 Å². The van der Waals surface area contributed by atoms with Crippen LogP contribution in [0.4, 0.5) is 11.4 Å². The SMILES string of the molecule is CC(CC(=O)Nc1ccc2c(c1)OCO2)S(=O)(=O)c1ccc2c(c1)CCN2C(=O)C1CC1. The lowest BCUT2D eigenvalue weighted by Gasteiger charge is -2.18. The van der Waals surface area contributed by atoms with Crippen LogP contribution in [0.3, 0.4) is 0 Å². The van der Waals surface area contributed by atoms with Crippen molar-refractivity contribution in [3.63, 3.8) is 0 Å². The van der Waals surface area contributed by atoms with Gasteiger partial charge in [-0.25, -0.2) is 8.42 Å². The summed E-state index contributed by atoms with van der Waals surface area (Å²) in [7, 11) is -3.71. The fraction of sp³-hybridized carbons (Fsp3) is 0.391. The molecule has 0 radical (unpaired) electrons. The Balaban J connectivity index is 1.27. The van der Waals surface area contributed by atoms with Gasteiger partial charge >= 0.3 is 0 Å². The normalized spacial score (nSPS) is 17.7. The Labute approximate surface area is 186 Å². The van der Waals surface area contributed by atoms with Crippen molar-refractivity contribution in [2.75, 3.05) is 23.6 Å². The van der Waals surface area contributed by atoms with Crippen LogP contribution >= 0.6 is 0 Å². The molecule has 0 aromatic heterocycles. The Kier molecular flexibility index (Phi) is 5.08. The van der Waals surface area contributed by atoms with Gasteiger partial charge in [0.25, 0.3) is 0 Å². The zero-order valence-corrected chi connectivity index (χ0v) is 18.5. The fourth-order valence-corrected chi connectivity index (χ4v) is 5.52. The first-order valence-corrected chi connectivity index (χ1v) is 12.3. The highest BCUT2D eigenvalue weighted by Crippen LogP contribution is 2.38. The van der Waals surface area contributed by atoms with Crippen LogP contribution in [0.5, 0.6) is 11.5 Å². The molecule has 9 heteroatoms. The molecule has 1 saturated carbocycles. The first-order valence-electron chi connectivity index (χ1n) is 10.7. The number of nitrogens with zero attached hydrogens (tertiary/aromatic N) is 1. The molecule has 2 amide bonds. The van der Waals surface area contributed by atoms with E-state index in [1.807, 2.05) is 0 Å². The predicted molar refractivity (Wildman–Crippen MR) is 118 cm³/mol. The highest BCUT2D eigenvalue weighted by molar-refractivity contribution is 7.92. The van der Waals surface area contributed by atoms with E-state index < -0.39 is 21.0 Å². The second-order valence-electron chi connectivity index (χ2n) is 8.48. The van der Waals surface area contributed by atoms with Gasteiger partial charge < -0.3 is 19.7 Å². The Morgan fingerprint density at radius 3 is 2.69 bits per heavy atom. The number of ether oxygens (including phenoxy) is 2. The number of anilines is 2. The van der Waals surface area contributed by atoms with Crippen molar-refractivity contribution < 1.29 is 27.5 Å². The topological polar surface area (TPSA) is 102 Å². The van der Waals surface area contributed by atoms with Crippen molar-refractivity contribution in [3.05, 3.63) is 42.0 Å². The Morgan fingerprint density at radius 1 is 1.12 bits per heavy atom. The molecule has 1 unspecified atom stereocenters. The van der Waals surface area contributed by atoms with E-state index in [9.17, 15) is 18.0 Å². The Morgan fingerprint density at radius 2 is 1.91 bits per heavy atom. The maximum Gasteiger partial charge on any atom is 0.231 e. The summed E-state index contributed by atoms with van der Waals surface area (Å²) in [6, 6.07) is 9.93. The quantitative estimate of drug-likeness (QED) is 0.717. The van der Waals surface area contributed by atoms with Gasteiger partial charge in [0.15, 0.2) is 21.3 Å². The summed E-state index contributed by atoms with van der Waals surface area (Å²) in [6.45, 7) is 2.25. The molecule has 0 bridgehead atoms. The van der Waals surface area contributed by atoms with Crippen LogP contribution < -0.4 is 19.7 Å². The number of rotatable bonds is 6. The van der Waals surface area contributed by atoms with Crippen molar-refractivity contribution in [2.45, 2.75) is 42.8 Å². The van der Waals surface area contributed by atoms with E-state index in [0.717, 1.165) is 24.1 Å². The number of nitrogens with one attached hydrogen (secondary N) is 1. The lowest BCUT2D eigenvalue weighted by atomic mass is 10.2. The highest BCUT2D eigenvalue weighted by atomic mass is 32.2. The number of amides is 2. The molecule has 168 valence electrons. The number of sulfone groups is 1. The van der Waals surface area contributed by atoms with Crippen LogP contribution in [0.25, 0.3) is 0 Å². The molecule has 1 N–H and O–H groups in total. The average Bonchev–Trinajstić information content (AvgIpc) is 3.36. The average molecular weight is 457 g/mol. The van der Waals surface area contributed by atoms with Gasteiger partial charge in [0.1, 0.15) is 0 Å². The van der Waals surface area contributed by atoms with E-state index in [2.05, 4.69) is 5.32 Å². The van der Waals surface area contributed by atoms with Crippen molar-refractivity contribution >= 4 is 33.0 Å². The molecule has 2 heterocycles. The predicted octanol–water partition coefficient (Wildman–Crippen LogP) is 2.91. The molecule has 3 aliphatic rings. The van der Waals surface area contributed by atoms with E-state index in [-0.39, 0.29) is 29.9 Å². The van der Waals surface area contributed by atoms with E-state index in [4.69, 9.17) is 9.47 Å². The molecule has 2 aliphatic heterocycles. The monoisotopic (exact) mass is 456 g/mol. The van der Waals surface area contributed by atoms with Gasteiger partial charge in [-0.1, -0.05) is 0 Å². The largest absolute Gasteiger partial charge is 0.454 e. The summed E-state index contributed by atoms with van der Waals surface area (Å²) in [5.74, 6) is 0.992. The zero-order valence-electron chi connectivity index (χ0n) is 17.7. The number of fused-ring (bicyclic) bond motifs is 2. The van der Waals surface area contributed by atoms with Gasteiger partial charge in [0.05, 0.1) is 10.1 Å². The molecule has 1 atom stereocenters. The first kappa shape index (κ1) is 20.8. The van der Waals surface area contributed by atoms with Crippen LogP contribution in [0, 0.1) is 5.92 Å². The zero-order chi connectivity index (χ0) is 22.5. The summed E-state index contributed by atoms with van der Waals surface area (Å²) in [4.78, 5) is 26.9. The van der Waals surface area contributed by atoms with E-state index >= 15 is 0 Å². The molecule has 2 aromatic carbocycles. The van der Waals surface area contributed by atoms with E-state index in [1.165, 1.54) is 6.92 Å². The van der Waals surface area contributed by atoms with Gasteiger partial charge in [-0.15, -0.1) is 0 Å². The molecule has 0 saturated heterocycles. The standard InChI is InChI=1S/C23H24N2O6S/c1-14(10-22(26)24-17-4-7-20-21(12-17)31-13-30-20)32(28,29)18-5-6-19-16(11-18)8-9-25(19)23(27)15-2-3-15/h4-7,11-12,14-15H,2-3,8-10,13H2,1H3,(H,24,26). The smallest absolute Gasteiger partial charge is 0.231 e. The van der Waals surface area contributed by atoms with Crippen LogP contribution in [0.1, 0.15) is 31.7 Å². The third-order valence-corrected chi connectivity index (χ3v) is 8.26. The lowest BCUT2D eigenvalue weighted by Crippen LogP contribution is -2.30. The second-order valence-corrected chi connectivity index (χ2v) is 10.8. The number of hydrogen-bond acceptors (Lipinski definition) is 6. The van der Waals surface area contributed by atoms with Crippen LogP contribution in [-0.2, 0) is 25.8 Å². The Hall–Kier alpha value is -3.07. The molecular weight excluding hydrogens is 432 g/mol. The molecule has 2 aromatic rings. The summed E-state index contributed by atoms with van der Waals surface area (Å²) in [5, 5.41) is 1.82. The summed E-state index contributed by atoms with van der Waals surface area (Å²) < 4.78 is 36.8. The highest BCUT2D eigenvalue weighted by Gasteiger charge is 2.37. The molecule has 5 rings (SSSR count). The molecule has 0 spiro atoms. The van der Waals surface area contributed by atoms with Crippen LogP contribution in [0.2, 0.25) is 0 Å². The van der Waals surface area contributed by atoms with Crippen molar-refractivity contribution in [2.24, 2.45) is 5.92 Å². The number of benzene rings is 2. The third kappa shape index (κ3) is 3.81. The van der Waals surface area contributed by atoms with E-state index in [0.29, 0.717) is 30.2 Å². The van der Waals surface area contributed by atoms with Crippen molar-refractivity contribution in [3.8, 4) is 11.5 Å². The minimum atomic E-state index is -3.71. The molecule has 1 aliphatic carbocycles. The maximum atomic E-state index is 13.1. The Bertz CT molecular complexity index is 1200. The summed E-state index contributed by atoms with van der Waals surface area (Å²) in [5.41, 5.74) is 2.17. The van der Waals surface area contributed by atoms with Crippen LogP contribution in [-0.4, -0.2) is 38.8 Å². The fourth-order valence-electron chi connectivity index (χ4n) is 4.12. The van der Waals surface area contributed by atoms with Gasteiger partial charge in [-0.3, -0.25) is 9.59 Å². The van der Waals surface area contributed by atoms with Crippen molar-refractivity contribution in [1.29, 1.82) is 0 Å². The number of hydrogen-bond donors (Lipinski definition) is 1. The van der Waals surface area contributed by atoms with Gasteiger partial charge in [-0.2, -0.15) is 0 Å². The van der Waals surface area contributed by atoms with E-state index in [1.54, 1.807) is 41.3 Å². The van der Waals surface area contributed by atoms with Gasteiger partial charge in [0, 0.05) is 36.3 Å². The van der Waals surface area contributed by atoms with Gasteiger partial charge in [-0.05, 0) is 62.1 Å². The summed E-state index contributed by atoms with van der Waals surface area (Å²) >= 11 is 0. The summed E-state index contributed by atoms with van der Waals surface area (Å²) in [6.07, 6.45) is 2.32. The number of carbonyl (C=O) groups is 2. The molecule has 32 heavy (non-hydrogen) atoms. The molecular formula is C23H24N2O6S. The third-order valence-electron chi connectivity index (χ3n) is 6.13. The van der Waals surface area contributed by atoms with Gasteiger partial charge in [0.2, 0.25) is 18.6 Å². The van der Waals surface area contributed by atoms with Crippen molar-refractivity contribution in [1.82, 2.24) is 0 Å².